The molecule has 0 aliphatic heterocycles. The van der Waals surface area contributed by atoms with Crippen molar-refractivity contribution in [2.45, 2.75) is 6.42 Å². The van der Waals surface area contributed by atoms with Gasteiger partial charge in [0.05, 0.1) is 17.0 Å². The largest absolute Gasteiger partial charge is 0.338 e. The quantitative estimate of drug-likeness (QED) is 0.590. The maximum absolute atomic E-state index is 12.1. The van der Waals surface area contributed by atoms with Crippen LogP contribution in [0.1, 0.15) is 5.69 Å². The first-order chi connectivity index (χ1) is 11.8. The first kappa shape index (κ1) is 14.9. The highest BCUT2D eigenvalue weighted by molar-refractivity contribution is 7.13. The zero-order valence-electron chi connectivity index (χ0n) is 12.4. The van der Waals surface area contributed by atoms with Crippen LogP contribution in [0.3, 0.4) is 0 Å². The lowest BCUT2D eigenvalue weighted by Gasteiger charge is -1.98. The third kappa shape index (κ3) is 3.15. The van der Waals surface area contributed by atoms with Crippen molar-refractivity contribution in [3.63, 3.8) is 0 Å². The van der Waals surface area contributed by atoms with Crippen molar-refractivity contribution in [2.75, 3.05) is 5.32 Å². The number of hydrogen-bond donors (Lipinski definition) is 1. The fourth-order valence-corrected chi connectivity index (χ4v) is 3.65. The minimum Gasteiger partial charge on any atom is -0.338 e. The number of hydrogen-bond acceptors (Lipinski definition) is 6. The van der Waals surface area contributed by atoms with Gasteiger partial charge in [-0.05, 0) is 23.6 Å². The Morgan fingerprint density at radius 3 is 2.92 bits per heavy atom. The van der Waals surface area contributed by atoms with Crippen LogP contribution in [-0.4, -0.2) is 20.6 Å². The molecule has 0 saturated heterocycles. The van der Waals surface area contributed by atoms with Gasteiger partial charge in [-0.1, -0.05) is 11.2 Å². The van der Waals surface area contributed by atoms with Gasteiger partial charge in [0.1, 0.15) is 5.69 Å². The molecule has 0 spiro atoms. The van der Waals surface area contributed by atoms with Crippen LogP contribution in [0.25, 0.3) is 15.7 Å². The number of aromatic nitrogens is 3. The molecule has 4 heterocycles. The summed E-state index contributed by atoms with van der Waals surface area (Å²) in [5.41, 5.74) is 1.43. The van der Waals surface area contributed by atoms with Crippen molar-refractivity contribution in [3.05, 3.63) is 59.2 Å². The lowest BCUT2D eigenvalue weighted by atomic mass is 10.3. The number of anilines is 1. The molecule has 4 rings (SSSR count). The lowest BCUT2D eigenvalue weighted by Crippen LogP contribution is -2.14. The molecule has 1 N–H and O–H groups in total. The van der Waals surface area contributed by atoms with Crippen molar-refractivity contribution in [1.82, 2.24) is 14.7 Å². The molecule has 0 bridgehead atoms. The van der Waals surface area contributed by atoms with Gasteiger partial charge in [-0.15, -0.1) is 22.7 Å². The summed E-state index contributed by atoms with van der Waals surface area (Å²) >= 11 is 3.06. The van der Waals surface area contributed by atoms with Crippen LogP contribution in [0.5, 0.6) is 0 Å². The van der Waals surface area contributed by atoms with E-state index in [1.807, 2.05) is 52.0 Å². The summed E-state index contributed by atoms with van der Waals surface area (Å²) in [6.45, 7) is 0. The summed E-state index contributed by atoms with van der Waals surface area (Å²) in [6, 6.07) is 9.48. The lowest BCUT2D eigenvalue weighted by molar-refractivity contribution is -0.115. The van der Waals surface area contributed by atoms with E-state index in [-0.39, 0.29) is 12.3 Å². The SMILES string of the molecule is O=C(Cc1csc(-n2cccc2)n1)Nc1cc(-c2cccs2)no1. The fourth-order valence-electron chi connectivity index (χ4n) is 2.18. The van der Waals surface area contributed by atoms with Gasteiger partial charge in [0.15, 0.2) is 5.13 Å². The average molecular weight is 356 g/mol. The van der Waals surface area contributed by atoms with E-state index in [1.54, 1.807) is 17.4 Å². The maximum Gasteiger partial charge on any atom is 0.232 e. The second kappa shape index (κ2) is 6.42. The smallest absolute Gasteiger partial charge is 0.232 e. The molecule has 4 aromatic heterocycles. The summed E-state index contributed by atoms with van der Waals surface area (Å²) in [4.78, 5) is 17.6. The van der Waals surface area contributed by atoms with E-state index in [0.717, 1.165) is 15.7 Å². The second-order valence-corrected chi connectivity index (χ2v) is 6.77. The van der Waals surface area contributed by atoms with Gasteiger partial charge in [0, 0.05) is 23.8 Å². The molecule has 0 atom stereocenters. The van der Waals surface area contributed by atoms with E-state index < -0.39 is 0 Å². The molecule has 0 aliphatic rings. The Hall–Kier alpha value is -2.71. The minimum absolute atomic E-state index is 0.187. The van der Waals surface area contributed by atoms with Crippen molar-refractivity contribution in [1.29, 1.82) is 0 Å². The van der Waals surface area contributed by atoms with Crippen LogP contribution in [0.2, 0.25) is 0 Å². The monoisotopic (exact) mass is 356 g/mol. The average Bonchev–Trinajstić information content (AvgIpc) is 3.35. The van der Waals surface area contributed by atoms with Gasteiger partial charge >= 0.3 is 0 Å². The molecule has 4 aromatic rings. The van der Waals surface area contributed by atoms with Crippen LogP contribution in [0.4, 0.5) is 5.88 Å². The van der Waals surface area contributed by atoms with Crippen LogP contribution >= 0.6 is 22.7 Å². The Bertz CT molecular complexity index is 862. The molecule has 0 fully saturated rings. The number of amides is 1. The van der Waals surface area contributed by atoms with Gasteiger partial charge < -0.3 is 9.09 Å². The number of rotatable bonds is 5. The van der Waals surface area contributed by atoms with E-state index in [9.17, 15) is 4.79 Å². The highest BCUT2D eigenvalue weighted by atomic mass is 32.1. The van der Waals surface area contributed by atoms with Crippen LogP contribution < -0.4 is 5.32 Å². The zero-order chi connectivity index (χ0) is 16.4. The Morgan fingerprint density at radius 2 is 2.12 bits per heavy atom. The molecule has 6 nitrogen and oxygen atoms in total. The number of nitrogens with zero attached hydrogens (tertiary/aromatic N) is 3. The molecule has 0 aromatic carbocycles. The highest BCUT2D eigenvalue weighted by Crippen LogP contribution is 2.26. The first-order valence-corrected chi connectivity index (χ1v) is 8.92. The van der Waals surface area contributed by atoms with Crippen molar-refractivity contribution < 1.29 is 9.32 Å². The Kier molecular flexibility index (Phi) is 3.97. The fraction of sp³-hybridized carbons (Fsp3) is 0.0625. The molecular weight excluding hydrogens is 344 g/mol. The van der Waals surface area contributed by atoms with E-state index in [1.165, 1.54) is 11.3 Å². The number of carbonyl (C=O) groups is 1. The van der Waals surface area contributed by atoms with Gasteiger partial charge in [-0.2, -0.15) is 0 Å². The predicted octanol–water partition coefficient (Wildman–Crippen LogP) is 3.83. The van der Waals surface area contributed by atoms with Crippen LogP contribution in [0.15, 0.2) is 58.0 Å². The Morgan fingerprint density at radius 1 is 1.25 bits per heavy atom. The molecule has 8 heteroatoms. The van der Waals surface area contributed by atoms with Gasteiger partial charge in [-0.3, -0.25) is 10.1 Å². The third-order valence-electron chi connectivity index (χ3n) is 3.25. The van der Waals surface area contributed by atoms with E-state index in [2.05, 4.69) is 15.5 Å². The molecule has 0 aliphatic carbocycles. The molecule has 120 valence electrons. The van der Waals surface area contributed by atoms with Crippen molar-refractivity contribution >= 4 is 34.5 Å². The minimum atomic E-state index is -0.187. The molecule has 0 unspecified atom stereocenters. The number of thiazole rings is 1. The summed E-state index contributed by atoms with van der Waals surface area (Å²) in [6.07, 6.45) is 4.03. The standard InChI is InChI=1S/C16H12N4O2S2/c21-14(8-11-10-24-16(17-11)20-5-1-2-6-20)18-15-9-12(19-22-15)13-4-3-7-23-13/h1-7,9-10H,8H2,(H,18,21). The van der Waals surface area contributed by atoms with E-state index >= 15 is 0 Å². The van der Waals surface area contributed by atoms with Gasteiger partial charge in [0.2, 0.25) is 11.8 Å². The van der Waals surface area contributed by atoms with Gasteiger partial charge in [0.25, 0.3) is 0 Å². The summed E-state index contributed by atoms with van der Waals surface area (Å²) < 4.78 is 7.08. The topological polar surface area (TPSA) is 73.0 Å². The van der Waals surface area contributed by atoms with Crippen LogP contribution in [0, 0.1) is 0 Å². The predicted molar refractivity (Wildman–Crippen MR) is 93.6 cm³/mol. The van der Waals surface area contributed by atoms with Gasteiger partial charge in [-0.25, -0.2) is 4.98 Å². The molecule has 0 saturated carbocycles. The summed E-state index contributed by atoms with van der Waals surface area (Å²) in [7, 11) is 0. The van der Waals surface area contributed by atoms with E-state index in [0.29, 0.717) is 11.6 Å². The molecule has 1 amide bonds. The van der Waals surface area contributed by atoms with Crippen molar-refractivity contribution in [3.8, 4) is 15.7 Å². The highest BCUT2D eigenvalue weighted by Gasteiger charge is 2.12. The normalized spacial score (nSPS) is 10.8. The Labute approximate surface area is 145 Å². The number of carbonyl (C=O) groups excluding carboxylic acids is 1. The summed E-state index contributed by atoms with van der Waals surface area (Å²) in [5.74, 6) is 0.150. The van der Waals surface area contributed by atoms with E-state index in [4.69, 9.17) is 4.52 Å². The number of nitrogens with one attached hydrogen (secondary N) is 1. The molecule has 0 radical (unpaired) electrons. The van der Waals surface area contributed by atoms with Crippen LogP contribution in [-0.2, 0) is 11.2 Å². The van der Waals surface area contributed by atoms with Crippen molar-refractivity contribution in [2.24, 2.45) is 0 Å². The molecular formula is C16H12N4O2S2. The second-order valence-electron chi connectivity index (χ2n) is 4.99. The summed E-state index contributed by atoms with van der Waals surface area (Å²) in [5, 5.41) is 11.4. The first-order valence-electron chi connectivity index (χ1n) is 7.16. The zero-order valence-corrected chi connectivity index (χ0v) is 14.0. The maximum atomic E-state index is 12.1. The molecule has 24 heavy (non-hydrogen) atoms. The third-order valence-corrected chi connectivity index (χ3v) is 5.05. The Balaban J connectivity index is 1.40. The number of thiophene rings is 1.